The van der Waals surface area contributed by atoms with E-state index in [0.29, 0.717) is 0 Å². The second kappa shape index (κ2) is 8.48. The van der Waals surface area contributed by atoms with Crippen molar-refractivity contribution in [1.29, 1.82) is 0 Å². The molecule has 2 aromatic carbocycles. The summed E-state index contributed by atoms with van der Waals surface area (Å²) in [4.78, 5) is 24.1. The van der Waals surface area contributed by atoms with Crippen LogP contribution in [0.3, 0.4) is 0 Å². The highest BCUT2D eigenvalue weighted by molar-refractivity contribution is 5.90. The highest BCUT2D eigenvalue weighted by atomic mass is 19.1. The highest BCUT2D eigenvalue weighted by Crippen LogP contribution is 2.32. The van der Waals surface area contributed by atoms with Crippen LogP contribution in [0.4, 0.5) is 29.7 Å². The third-order valence-corrected chi connectivity index (χ3v) is 4.23. The van der Waals surface area contributed by atoms with Crippen LogP contribution in [0, 0.1) is 17.6 Å². The summed E-state index contributed by atoms with van der Waals surface area (Å²) in [5.74, 6) is -0.822. The third kappa shape index (κ3) is 5.40. The number of nitrogens with one attached hydrogen (secondary N) is 4. The average Bonchev–Trinajstić information content (AvgIpc) is 3.48. The molecule has 27 heavy (non-hydrogen) atoms. The number of benzene rings is 2. The van der Waals surface area contributed by atoms with Crippen LogP contribution in [0.5, 0.6) is 0 Å². The molecule has 2 aromatic rings. The minimum Gasteiger partial charge on any atom is -0.336 e. The number of amides is 4. The molecule has 0 aromatic heterocycles. The van der Waals surface area contributed by atoms with Gasteiger partial charge in [-0.05, 0) is 43.0 Å². The molecule has 0 saturated heterocycles. The largest absolute Gasteiger partial charge is 0.336 e. The van der Waals surface area contributed by atoms with Crippen LogP contribution < -0.4 is 21.3 Å². The molecule has 1 aliphatic carbocycles. The van der Waals surface area contributed by atoms with Crippen LogP contribution in [0.1, 0.15) is 12.8 Å². The van der Waals surface area contributed by atoms with E-state index in [4.69, 9.17) is 0 Å². The smallest absolute Gasteiger partial charge is 0.319 e. The molecule has 0 unspecified atom stereocenters. The zero-order valence-electron chi connectivity index (χ0n) is 14.5. The van der Waals surface area contributed by atoms with Crippen LogP contribution in [0.2, 0.25) is 0 Å². The Balaban J connectivity index is 1.50. The van der Waals surface area contributed by atoms with Crippen molar-refractivity contribution in [1.82, 2.24) is 10.6 Å². The van der Waals surface area contributed by atoms with Gasteiger partial charge in [0.25, 0.3) is 0 Å². The Labute approximate surface area is 155 Å². The number of urea groups is 2. The second-order valence-corrected chi connectivity index (χ2v) is 6.34. The maximum absolute atomic E-state index is 13.6. The van der Waals surface area contributed by atoms with Crippen molar-refractivity contribution in [3.63, 3.8) is 0 Å². The van der Waals surface area contributed by atoms with E-state index in [1.807, 2.05) is 0 Å². The SMILES string of the molecule is O=C(NC[C@H](NC(=O)Nc1ccccc1F)C1CC1)Nc1ccccc1F. The van der Waals surface area contributed by atoms with Crippen molar-refractivity contribution in [2.75, 3.05) is 17.2 Å². The summed E-state index contributed by atoms with van der Waals surface area (Å²) in [6.07, 6.45) is 1.86. The zero-order chi connectivity index (χ0) is 19.2. The number of carbonyl (C=O) groups excluding carboxylic acids is 2. The van der Waals surface area contributed by atoms with Crippen molar-refractivity contribution in [3.05, 3.63) is 60.2 Å². The number of hydrogen-bond donors (Lipinski definition) is 4. The molecule has 1 fully saturated rings. The van der Waals surface area contributed by atoms with Gasteiger partial charge in [-0.3, -0.25) is 0 Å². The summed E-state index contributed by atoms with van der Waals surface area (Å²) in [5.41, 5.74) is 0.151. The first kappa shape index (κ1) is 18.6. The maximum atomic E-state index is 13.6. The third-order valence-electron chi connectivity index (χ3n) is 4.23. The molecule has 4 amide bonds. The minimum atomic E-state index is -0.568. The topological polar surface area (TPSA) is 82.3 Å². The molecule has 1 saturated carbocycles. The van der Waals surface area contributed by atoms with Crippen molar-refractivity contribution in [2.24, 2.45) is 5.92 Å². The molecule has 142 valence electrons. The summed E-state index contributed by atoms with van der Waals surface area (Å²) in [6, 6.07) is 10.3. The van der Waals surface area contributed by atoms with Crippen molar-refractivity contribution < 1.29 is 18.4 Å². The van der Waals surface area contributed by atoms with Crippen LogP contribution in [-0.4, -0.2) is 24.6 Å². The van der Waals surface area contributed by atoms with Crippen LogP contribution in [0.25, 0.3) is 0 Å². The lowest BCUT2D eigenvalue weighted by Gasteiger charge is -2.19. The van der Waals surface area contributed by atoms with E-state index < -0.39 is 23.7 Å². The van der Waals surface area contributed by atoms with Gasteiger partial charge < -0.3 is 21.3 Å². The van der Waals surface area contributed by atoms with E-state index in [9.17, 15) is 18.4 Å². The van der Waals surface area contributed by atoms with Gasteiger partial charge >= 0.3 is 12.1 Å². The average molecular weight is 374 g/mol. The van der Waals surface area contributed by atoms with Crippen molar-refractivity contribution in [3.8, 4) is 0 Å². The Kier molecular flexibility index (Phi) is 5.85. The standard InChI is InChI=1S/C19H20F2N4O2/c20-13-5-1-3-7-15(13)23-18(26)22-11-17(12-9-10-12)25-19(27)24-16-8-4-2-6-14(16)21/h1-8,12,17H,9-11H2,(H2,22,23,26)(H2,24,25,27)/t17-/m0/s1. The minimum absolute atomic E-state index is 0.0724. The Bertz CT molecular complexity index is 827. The van der Waals surface area contributed by atoms with Gasteiger partial charge in [0.1, 0.15) is 11.6 Å². The predicted molar refractivity (Wildman–Crippen MR) is 98.5 cm³/mol. The van der Waals surface area contributed by atoms with Gasteiger partial charge in [-0.1, -0.05) is 24.3 Å². The second-order valence-electron chi connectivity index (χ2n) is 6.34. The molecule has 1 aliphatic rings. The van der Waals surface area contributed by atoms with Crippen molar-refractivity contribution >= 4 is 23.4 Å². The summed E-state index contributed by atoms with van der Waals surface area (Å²) < 4.78 is 27.2. The Morgan fingerprint density at radius 1 is 0.889 bits per heavy atom. The Morgan fingerprint density at radius 2 is 1.41 bits per heavy atom. The van der Waals surface area contributed by atoms with E-state index in [-0.39, 0.29) is 29.9 Å². The molecular weight excluding hydrogens is 354 g/mol. The molecular formula is C19H20F2N4O2. The summed E-state index contributed by atoms with van der Waals surface area (Å²) in [5, 5.41) is 10.3. The van der Waals surface area contributed by atoms with Gasteiger partial charge in [0.15, 0.2) is 0 Å². The van der Waals surface area contributed by atoms with E-state index in [1.54, 1.807) is 12.1 Å². The lowest BCUT2D eigenvalue weighted by molar-refractivity contribution is 0.242. The lowest BCUT2D eigenvalue weighted by atomic mass is 10.2. The van der Waals surface area contributed by atoms with E-state index in [1.165, 1.54) is 36.4 Å². The molecule has 3 rings (SSSR count). The fraction of sp³-hybridized carbons (Fsp3) is 0.263. The summed E-state index contributed by atoms with van der Waals surface area (Å²) >= 11 is 0. The summed E-state index contributed by atoms with van der Waals surface area (Å²) in [7, 11) is 0. The van der Waals surface area contributed by atoms with E-state index >= 15 is 0 Å². The van der Waals surface area contributed by atoms with Gasteiger partial charge in [-0.2, -0.15) is 0 Å². The fourth-order valence-electron chi connectivity index (χ4n) is 2.66. The van der Waals surface area contributed by atoms with Crippen LogP contribution >= 0.6 is 0 Å². The van der Waals surface area contributed by atoms with Gasteiger partial charge in [-0.25, -0.2) is 18.4 Å². The van der Waals surface area contributed by atoms with Gasteiger partial charge in [0.05, 0.1) is 17.4 Å². The first-order chi connectivity index (χ1) is 13.0. The van der Waals surface area contributed by atoms with Gasteiger partial charge in [0.2, 0.25) is 0 Å². The predicted octanol–water partition coefficient (Wildman–Crippen LogP) is 3.69. The number of carbonyl (C=O) groups is 2. The molecule has 8 heteroatoms. The molecule has 0 radical (unpaired) electrons. The monoisotopic (exact) mass is 374 g/mol. The Morgan fingerprint density at radius 3 is 1.93 bits per heavy atom. The first-order valence-electron chi connectivity index (χ1n) is 8.64. The molecule has 0 heterocycles. The quantitative estimate of drug-likeness (QED) is 0.622. The molecule has 0 bridgehead atoms. The highest BCUT2D eigenvalue weighted by Gasteiger charge is 2.32. The van der Waals surface area contributed by atoms with Crippen molar-refractivity contribution in [2.45, 2.75) is 18.9 Å². The summed E-state index contributed by atoms with van der Waals surface area (Å²) in [6.45, 7) is 0.176. The normalized spacial score (nSPS) is 14.1. The van der Waals surface area contributed by atoms with E-state index in [0.717, 1.165) is 12.8 Å². The first-order valence-corrected chi connectivity index (χ1v) is 8.64. The maximum Gasteiger partial charge on any atom is 0.319 e. The zero-order valence-corrected chi connectivity index (χ0v) is 14.5. The molecule has 0 spiro atoms. The number of halogens is 2. The molecule has 1 atom stereocenters. The molecule has 6 nitrogen and oxygen atoms in total. The van der Waals surface area contributed by atoms with E-state index in [2.05, 4.69) is 21.3 Å². The van der Waals surface area contributed by atoms with Gasteiger partial charge in [0, 0.05) is 6.54 Å². The lowest BCUT2D eigenvalue weighted by Crippen LogP contribution is -2.47. The molecule has 0 aliphatic heterocycles. The fourth-order valence-corrected chi connectivity index (χ4v) is 2.66. The molecule has 4 N–H and O–H groups in total. The Hall–Kier alpha value is -3.16. The van der Waals surface area contributed by atoms with Gasteiger partial charge in [-0.15, -0.1) is 0 Å². The number of hydrogen-bond acceptors (Lipinski definition) is 2. The van der Waals surface area contributed by atoms with Crippen LogP contribution in [-0.2, 0) is 0 Å². The number of rotatable bonds is 6. The van der Waals surface area contributed by atoms with Crippen LogP contribution in [0.15, 0.2) is 48.5 Å². The number of anilines is 2. The number of para-hydroxylation sites is 2.